The highest BCUT2D eigenvalue weighted by Crippen LogP contribution is 2.27. The maximum Gasteiger partial charge on any atom is 0.0311 e. The third kappa shape index (κ3) is 4.57. The molecule has 1 fully saturated rings. The predicted octanol–water partition coefficient (Wildman–Crippen LogP) is 3.18. The first-order valence-corrected chi connectivity index (χ1v) is 8.32. The molecule has 0 radical (unpaired) electrons. The minimum atomic E-state index is 1.20. The Morgan fingerprint density at radius 2 is 1.89 bits per heavy atom. The number of hydrogen-bond acceptors (Lipinski definition) is 3. The highest BCUT2D eigenvalue weighted by atomic mass is 79.9. The zero-order valence-corrected chi connectivity index (χ0v) is 13.3. The third-order valence-corrected chi connectivity index (χ3v) is 5.42. The summed E-state index contributed by atoms with van der Waals surface area (Å²) in [7, 11) is 2.21. The average molecular weight is 329 g/mol. The van der Waals surface area contributed by atoms with E-state index >= 15 is 0 Å². The second-order valence-electron chi connectivity index (χ2n) is 4.78. The molecule has 4 heteroatoms. The lowest BCUT2D eigenvalue weighted by molar-refractivity contribution is 0.154. The zero-order valence-electron chi connectivity index (χ0n) is 10.9. The van der Waals surface area contributed by atoms with Crippen molar-refractivity contribution in [2.75, 3.05) is 45.5 Å². The van der Waals surface area contributed by atoms with Crippen molar-refractivity contribution >= 4 is 27.7 Å². The molecule has 0 atom stereocenters. The Labute approximate surface area is 123 Å². The highest BCUT2D eigenvalue weighted by molar-refractivity contribution is 9.10. The van der Waals surface area contributed by atoms with Crippen LogP contribution < -0.4 is 0 Å². The summed E-state index contributed by atoms with van der Waals surface area (Å²) in [5.41, 5.74) is 0. The van der Waals surface area contributed by atoms with Crippen LogP contribution in [0, 0.1) is 0 Å². The number of hydrogen-bond donors (Lipinski definition) is 0. The van der Waals surface area contributed by atoms with Crippen LogP contribution in [-0.4, -0.2) is 55.3 Å². The molecule has 1 aliphatic heterocycles. The standard InChI is InChI=1S/C14H21BrN2S/c1-16-8-10-17(11-9-16)7-4-12-18-14-6-3-2-5-13(14)15/h2-3,5-6H,4,7-12H2,1H3. The van der Waals surface area contributed by atoms with Gasteiger partial charge in [0, 0.05) is 35.5 Å². The molecule has 100 valence electrons. The maximum absolute atomic E-state index is 3.59. The van der Waals surface area contributed by atoms with E-state index in [1.54, 1.807) is 0 Å². The molecule has 0 saturated carbocycles. The van der Waals surface area contributed by atoms with E-state index < -0.39 is 0 Å². The molecule has 0 amide bonds. The average Bonchev–Trinajstić information content (AvgIpc) is 2.39. The van der Waals surface area contributed by atoms with Crippen molar-refractivity contribution in [1.29, 1.82) is 0 Å². The lowest BCUT2D eigenvalue weighted by Crippen LogP contribution is -2.44. The van der Waals surface area contributed by atoms with Crippen molar-refractivity contribution < 1.29 is 0 Å². The van der Waals surface area contributed by atoms with Crippen LogP contribution in [0.4, 0.5) is 0 Å². The predicted molar refractivity (Wildman–Crippen MR) is 83.4 cm³/mol. The van der Waals surface area contributed by atoms with Crippen LogP contribution in [0.25, 0.3) is 0 Å². The summed E-state index contributed by atoms with van der Waals surface area (Å²) in [6.07, 6.45) is 1.27. The Balaban J connectivity index is 1.63. The van der Waals surface area contributed by atoms with E-state index in [0.717, 1.165) is 0 Å². The van der Waals surface area contributed by atoms with Gasteiger partial charge in [0.05, 0.1) is 0 Å². The molecule has 0 aromatic heterocycles. The van der Waals surface area contributed by atoms with E-state index in [0.29, 0.717) is 0 Å². The maximum atomic E-state index is 3.59. The summed E-state index contributed by atoms with van der Waals surface area (Å²) in [5, 5.41) is 0. The fourth-order valence-electron chi connectivity index (χ4n) is 2.10. The third-order valence-electron chi connectivity index (χ3n) is 3.31. The van der Waals surface area contributed by atoms with Crippen LogP contribution in [0.2, 0.25) is 0 Å². The first-order valence-electron chi connectivity index (χ1n) is 6.54. The summed E-state index contributed by atoms with van der Waals surface area (Å²) in [5.74, 6) is 1.20. The van der Waals surface area contributed by atoms with E-state index in [4.69, 9.17) is 0 Å². The number of nitrogens with zero attached hydrogens (tertiary/aromatic N) is 2. The fraction of sp³-hybridized carbons (Fsp3) is 0.571. The minimum Gasteiger partial charge on any atom is -0.304 e. The summed E-state index contributed by atoms with van der Waals surface area (Å²) in [6, 6.07) is 8.47. The molecule has 0 unspecified atom stereocenters. The van der Waals surface area contributed by atoms with Gasteiger partial charge in [-0.1, -0.05) is 12.1 Å². The fourth-order valence-corrected chi connectivity index (χ4v) is 3.61. The van der Waals surface area contributed by atoms with Crippen molar-refractivity contribution in [3.63, 3.8) is 0 Å². The van der Waals surface area contributed by atoms with E-state index in [9.17, 15) is 0 Å². The molecule has 1 aromatic rings. The van der Waals surface area contributed by atoms with Gasteiger partial charge in [-0.2, -0.15) is 0 Å². The second kappa shape index (κ2) is 7.53. The van der Waals surface area contributed by atoms with Crippen molar-refractivity contribution in [3.05, 3.63) is 28.7 Å². The van der Waals surface area contributed by atoms with Crippen LogP contribution in [0.1, 0.15) is 6.42 Å². The zero-order chi connectivity index (χ0) is 12.8. The minimum absolute atomic E-state index is 1.20. The molecular weight excluding hydrogens is 308 g/mol. The lowest BCUT2D eigenvalue weighted by atomic mass is 10.3. The SMILES string of the molecule is CN1CCN(CCCSc2ccccc2Br)CC1. The summed E-state index contributed by atoms with van der Waals surface area (Å²) in [4.78, 5) is 6.35. The number of rotatable bonds is 5. The Hall–Kier alpha value is -0.0300. The Morgan fingerprint density at radius 1 is 1.17 bits per heavy atom. The number of likely N-dealkylation sites (N-methyl/N-ethyl adjacent to an activating group) is 1. The molecule has 0 aliphatic carbocycles. The van der Waals surface area contributed by atoms with Gasteiger partial charge >= 0.3 is 0 Å². The van der Waals surface area contributed by atoms with Crippen LogP contribution in [0.3, 0.4) is 0 Å². The van der Waals surface area contributed by atoms with Crippen LogP contribution in [-0.2, 0) is 0 Å². The smallest absolute Gasteiger partial charge is 0.0311 e. The molecule has 0 bridgehead atoms. The van der Waals surface area contributed by atoms with Crippen LogP contribution in [0.15, 0.2) is 33.6 Å². The first kappa shape index (κ1) is 14.4. The van der Waals surface area contributed by atoms with Crippen LogP contribution >= 0.6 is 27.7 Å². The van der Waals surface area contributed by atoms with Gasteiger partial charge in [0.25, 0.3) is 0 Å². The number of piperazine rings is 1. The Bertz CT molecular complexity index is 365. The lowest BCUT2D eigenvalue weighted by Gasteiger charge is -2.32. The molecule has 18 heavy (non-hydrogen) atoms. The molecule has 2 nitrogen and oxygen atoms in total. The van der Waals surface area contributed by atoms with Gasteiger partial charge in [-0.25, -0.2) is 0 Å². The second-order valence-corrected chi connectivity index (χ2v) is 6.77. The van der Waals surface area contributed by atoms with E-state index in [-0.39, 0.29) is 0 Å². The molecule has 1 heterocycles. The van der Waals surface area contributed by atoms with Crippen molar-refractivity contribution in [3.8, 4) is 0 Å². The van der Waals surface area contributed by atoms with Gasteiger partial charge < -0.3 is 9.80 Å². The van der Waals surface area contributed by atoms with Gasteiger partial charge in [-0.05, 0) is 53.8 Å². The molecule has 0 N–H and O–H groups in total. The van der Waals surface area contributed by atoms with E-state index in [1.165, 1.54) is 54.3 Å². The summed E-state index contributed by atoms with van der Waals surface area (Å²) < 4.78 is 1.22. The van der Waals surface area contributed by atoms with Crippen molar-refractivity contribution in [1.82, 2.24) is 9.80 Å². The molecule has 0 spiro atoms. The normalized spacial score (nSPS) is 18.1. The van der Waals surface area contributed by atoms with Gasteiger partial charge in [0.2, 0.25) is 0 Å². The van der Waals surface area contributed by atoms with Gasteiger partial charge in [-0.15, -0.1) is 11.8 Å². The molecule has 1 saturated heterocycles. The summed E-state index contributed by atoms with van der Waals surface area (Å²) in [6.45, 7) is 6.15. The topological polar surface area (TPSA) is 6.48 Å². The van der Waals surface area contributed by atoms with Crippen molar-refractivity contribution in [2.24, 2.45) is 0 Å². The monoisotopic (exact) mass is 328 g/mol. The molecule has 2 rings (SSSR count). The number of halogens is 1. The Morgan fingerprint density at radius 3 is 2.61 bits per heavy atom. The number of benzene rings is 1. The molecule has 1 aliphatic rings. The quantitative estimate of drug-likeness (QED) is 0.605. The van der Waals surface area contributed by atoms with Gasteiger partial charge in [-0.3, -0.25) is 0 Å². The molecular formula is C14H21BrN2S. The van der Waals surface area contributed by atoms with Gasteiger partial charge in [0.15, 0.2) is 0 Å². The summed E-state index contributed by atoms with van der Waals surface area (Å²) >= 11 is 5.55. The highest BCUT2D eigenvalue weighted by Gasteiger charge is 2.12. The molecule has 1 aromatic carbocycles. The van der Waals surface area contributed by atoms with Crippen molar-refractivity contribution in [2.45, 2.75) is 11.3 Å². The first-order chi connectivity index (χ1) is 8.75. The van der Waals surface area contributed by atoms with Gasteiger partial charge in [0.1, 0.15) is 0 Å². The van der Waals surface area contributed by atoms with E-state index in [1.807, 2.05) is 11.8 Å². The largest absolute Gasteiger partial charge is 0.304 e. The van der Waals surface area contributed by atoms with E-state index in [2.05, 4.69) is 57.0 Å². The van der Waals surface area contributed by atoms with Crippen LogP contribution in [0.5, 0.6) is 0 Å². The Kier molecular flexibility index (Phi) is 6.02. The number of thioether (sulfide) groups is 1.